The molecule has 0 saturated heterocycles. The average Bonchev–Trinajstić information content (AvgIpc) is 3.48. The number of pyridine rings is 1. The third-order valence-electron chi connectivity index (χ3n) is 5.63. The molecular formula is C18H14ClFN4O2. The zero-order chi connectivity index (χ0) is 18.1. The number of amidine groups is 1. The van der Waals surface area contributed by atoms with Gasteiger partial charge in [-0.15, -0.1) is 0 Å². The average molecular weight is 373 g/mol. The zero-order valence-electron chi connectivity index (χ0n) is 13.5. The highest BCUT2D eigenvalue weighted by atomic mass is 35.5. The number of benzene rings is 1. The summed E-state index contributed by atoms with van der Waals surface area (Å²) in [6, 6.07) is 7.74. The van der Waals surface area contributed by atoms with Crippen LogP contribution in [0.1, 0.15) is 22.5 Å². The Kier molecular flexibility index (Phi) is 2.96. The largest absolute Gasteiger partial charge is 0.465 e. The minimum Gasteiger partial charge on any atom is -0.465 e. The maximum Gasteiger partial charge on any atom is 0.282 e. The number of halogens is 2. The van der Waals surface area contributed by atoms with E-state index in [1.807, 2.05) is 0 Å². The molecule has 3 atom stereocenters. The molecule has 0 radical (unpaired) electrons. The van der Waals surface area contributed by atoms with Gasteiger partial charge in [0, 0.05) is 28.8 Å². The van der Waals surface area contributed by atoms with Crippen molar-refractivity contribution in [3.8, 4) is 0 Å². The lowest BCUT2D eigenvalue weighted by atomic mass is 9.88. The summed E-state index contributed by atoms with van der Waals surface area (Å²) in [4.78, 5) is 20.8. The number of carbonyl (C=O) groups is 1. The highest BCUT2D eigenvalue weighted by Gasteiger charge is 2.92. The minimum atomic E-state index is -0.664. The Balaban J connectivity index is 1.48. The Morgan fingerprint density at radius 1 is 1.42 bits per heavy atom. The summed E-state index contributed by atoms with van der Waals surface area (Å²) in [5, 5.41) is 2.96. The fourth-order valence-electron chi connectivity index (χ4n) is 4.16. The third kappa shape index (κ3) is 1.89. The number of rotatable bonds is 3. The van der Waals surface area contributed by atoms with Crippen LogP contribution >= 0.6 is 11.6 Å². The van der Waals surface area contributed by atoms with Crippen LogP contribution in [0.15, 0.2) is 41.5 Å². The van der Waals surface area contributed by atoms with Crippen molar-refractivity contribution in [3.05, 3.63) is 58.6 Å². The van der Waals surface area contributed by atoms with Gasteiger partial charge in [0.15, 0.2) is 0 Å². The Morgan fingerprint density at radius 2 is 2.27 bits per heavy atom. The summed E-state index contributed by atoms with van der Waals surface area (Å²) < 4.78 is 19.9. The molecule has 1 aliphatic heterocycles. The Hall–Kier alpha value is -2.67. The van der Waals surface area contributed by atoms with Gasteiger partial charge in [0.05, 0.1) is 5.02 Å². The number of nitrogens with one attached hydrogen (secondary N) is 1. The van der Waals surface area contributed by atoms with Crippen LogP contribution in [0, 0.1) is 17.2 Å². The van der Waals surface area contributed by atoms with Crippen molar-refractivity contribution >= 4 is 29.2 Å². The molecule has 1 amide bonds. The lowest BCUT2D eigenvalue weighted by Crippen LogP contribution is -2.35. The number of hydrogen-bond acceptors (Lipinski definition) is 5. The summed E-state index contributed by atoms with van der Waals surface area (Å²) in [6.45, 7) is 0.451. The second-order valence-corrected chi connectivity index (χ2v) is 7.31. The van der Waals surface area contributed by atoms with Crippen molar-refractivity contribution in [2.75, 3.05) is 11.9 Å². The number of nitrogens with two attached hydrogens (primary N) is 1. The SMILES string of the molecule is NC1=N[C@@]2(c3cc(NC(=O)c4ncccc4Cl)ccc3F)C3CC32CO1. The summed E-state index contributed by atoms with van der Waals surface area (Å²) in [5.41, 5.74) is 5.91. The van der Waals surface area contributed by atoms with Crippen LogP contribution in [0.5, 0.6) is 0 Å². The smallest absolute Gasteiger partial charge is 0.282 e. The van der Waals surface area contributed by atoms with Crippen LogP contribution in [-0.2, 0) is 10.3 Å². The van der Waals surface area contributed by atoms with E-state index in [2.05, 4.69) is 15.3 Å². The van der Waals surface area contributed by atoms with Gasteiger partial charge in [0.2, 0.25) is 0 Å². The number of aliphatic imine (C=N–C) groups is 1. The lowest BCUT2D eigenvalue weighted by molar-refractivity contribution is 0.102. The van der Waals surface area contributed by atoms with Crippen molar-refractivity contribution in [3.63, 3.8) is 0 Å². The number of amides is 1. The second-order valence-electron chi connectivity index (χ2n) is 6.90. The van der Waals surface area contributed by atoms with Crippen molar-refractivity contribution in [2.24, 2.45) is 22.1 Å². The summed E-state index contributed by atoms with van der Waals surface area (Å²) in [5.74, 6) is -0.595. The van der Waals surface area contributed by atoms with E-state index in [9.17, 15) is 9.18 Å². The van der Waals surface area contributed by atoms with Crippen molar-refractivity contribution in [1.82, 2.24) is 4.98 Å². The summed E-state index contributed by atoms with van der Waals surface area (Å²) in [6.07, 6.45) is 2.43. The topological polar surface area (TPSA) is 89.6 Å². The van der Waals surface area contributed by atoms with E-state index in [4.69, 9.17) is 22.1 Å². The first kappa shape index (κ1) is 15.6. The number of nitrogens with zero attached hydrogens (tertiary/aromatic N) is 2. The van der Waals surface area contributed by atoms with E-state index in [-0.39, 0.29) is 33.9 Å². The second kappa shape index (κ2) is 4.94. The lowest BCUT2D eigenvalue weighted by Gasteiger charge is -2.29. The van der Waals surface area contributed by atoms with Gasteiger partial charge in [-0.2, -0.15) is 0 Å². The number of fused-ring (bicyclic) bond motifs is 1. The molecule has 1 aromatic carbocycles. The Morgan fingerprint density at radius 3 is 3.04 bits per heavy atom. The standard InChI is InChI=1S/C18H14ClFN4O2/c19-11-2-1-5-22-14(11)15(25)23-9-3-4-12(20)10(6-9)18-13-7-17(13,18)8-26-16(21)24-18/h1-6,13H,7-8H2,(H2,21,24)(H,23,25)/t13?,17?,18-/m0/s1. The van der Waals surface area contributed by atoms with E-state index in [0.717, 1.165) is 6.42 Å². The van der Waals surface area contributed by atoms with Crippen molar-refractivity contribution in [2.45, 2.75) is 12.0 Å². The predicted molar refractivity (Wildman–Crippen MR) is 93.4 cm³/mol. The number of aromatic nitrogens is 1. The van der Waals surface area contributed by atoms with Gasteiger partial charge in [-0.05, 0) is 36.8 Å². The molecule has 2 unspecified atom stereocenters. The molecular weight excluding hydrogens is 359 g/mol. The highest BCUT2D eigenvalue weighted by molar-refractivity contribution is 6.34. The van der Waals surface area contributed by atoms with Crippen LogP contribution in [0.4, 0.5) is 10.1 Å². The molecule has 5 rings (SSSR count). The maximum absolute atomic E-state index is 14.6. The van der Waals surface area contributed by atoms with Crippen molar-refractivity contribution in [1.29, 1.82) is 0 Å². The summed E-state index contributed by atoms with van der Waals surface area (Å²) >= 11 is 6.00. The number of carbonyl (C=O) groups excluding carboxylic acids is 1. The van der Waals surface area contributed by atoms with Gasteiger partial charge in [-0.25, -0.2) is 14.4 Å². The first-order valence-electron chi connectivity index (χ1n) is 8.18. The molecule has 2 saturated carbocycles. The Bertz CT molecular complexity index is 997. The van der Waals surface area contributed by atoms with E-state index < -0.39 is 11.4 Å². The molecule has 3 aliphatic rings. The van der Waals surface area contributed by atoms with Gasteiger partial charge in [0.1, 0.15) is 23.7 Å². The normalized spacial score (nSPS) is 30.4. The summed E-state index contributed by atoms with van der Waals surface area (Å²) in [7, 11) is 0. The molecule has 2 aliphatic carbocycles. The minimum absolute atomic E-state index is 0.0805. The molecule has 2 aromatic rings. The fraction of sp³-hybridized carbons (Fsp3) is 0.278. The zero-order valence-corrected chi connectivity index (χ0v) is 14.3. The van der Waals surface area contributed by atoms with E-state index in [0.29, 0.717) is 17.9 Å². The van der Waals surface area contributed by atoms with Crippen LogP contribution < -0.4 is 11.1 Å². The molecule has 8 heteroatoms. The molecule has 6 nitrogen and oxygen atoms in total. The third-order valence-corrected chi connectivity index (χ3v) is 5.93. The molecule has 26 heavy (non-hydrogen) atoms. The predicted octanol–water partition coefficient (Wildman–Crippen LogP) is 2.69. The monoisotopic (exact) mass is 372 g/mol. The first-order valence-corrected chi connectivity index (χ1v) is 8.56. The van der Waals surface area contributed by atoms with E-state index >= 15 is 0 Å². The maximum atomic E-state index is 14.6. The number of hydrogen-bond donors (Lipinski definition) is 2. The molecule has 0 bridgehead atoms. The molecule has 132 valence electrons. The number of ether oxygens (including phenoxy) is 1. The van der Waals surface area contributed by atoms with Crippen LogP contribution in [0.25, 0.3) is 0 Å². The van der Waals surface area contributed by atoms with Crippen LogP contribution in [0.3, 0.4) is 0 Å². The van der Waals surface area contributed by atoms with Gasteiger partial charge >= 0.3 is 0 Å². The van der Waals surface area contributed by atoms with Gasteiger partial charge in [0.25, 0.3) is 11.9 Å². The Labute approximate surface area is 153 Å². The fourth-order valence-corrected chi connectivity index (χ4v) is 4.37. The van der Waals surface area contributed by atoms with E-state index in [1.165, 1.54) is 18.3 Å². The molecule has 1 spiro atoms. The van der Waals surface area contributed by atoms with Crippen LogP contribution in [0.2, 0.25) is 5.02 Å². The number of anilines is 1. The first-order chi connectivity index (χ1) is 12.5. The van der Waals surface area contributed by atoms with E-state index in [1.54, 1.807) is 18.2 Å². The quantitative estimate of drug-likeness (QED) is 0.866. The highest BCUT2D eigenvalue weighted by Crippen LogP contribution is 2.89. The molecule has 2 fully saturated rings. The van der Waals surface area contributed by atoms with Gasteiger partial charge in [-0.1, -0.05) is 11.6 Å². The van der Waals surface area contributed by atoms with Crippen LogP contribution in [-0.4, -0.2) is 23.5 Å². The molecule has 2 heterocycles. The van der Waals surface area contributed by atoms with Gasteiger partial charge in [-0.3, -0.25) is 4.79 Å². The molecule has 1 aromatic heterocycles. The van der Waals surface area contributed by atoms with Crippen molar-refractivity contribution < 1.29 is 13.9 Å². The molecule has 3 N–H and O–H groups in total. The van der Waals surface area contributed by atoms with Gasteiger partial charge < -0.3 is 15.8 Å².